The Labute approximate surface area is 127 Å². The smallest absolute Gasteiger partial charge is 0.140 e. The van der Waals surface area contributed by atoms with Crippen LogP contribution in [0.1, 0.15) is 21.1 Å². The second-order valence-corrected chi connectivity index (χ2v) is 5.81. The van der Waals surface area contributed by atoms with E-state index in [9.17, 15) is 0 Å². The Balaban J connectivity index is 2.07. The van der Waals surface area contributed by atoms with Gasteiger partial charge < -0.3 is 15.2 Å². The van der Waals surface area contributed by atoms with Crippen LogP contribution < -0.4 is 10.5 Å². The van der Waals surface area contributed by atoms with Crippen molar-refractivity contribution in [2.75, 3.05) is 7.11 Å². The van der Waals surface area contributed by atoms with Crippen LogP contribution in [-0.4, -0.2) is 17.1 Å². The lowest BCUT2D eigenvalue weighted by molar-refractivity contribution is 0.181. The third kappa shape index (κ3) is 3.75. The molecule has 2 N–H and O–H groups in total. The Kier molecular flexibility index (Phi) is 5.05. The Morgan fingerprint density at radius 3 is 2.60 bits per heavy atom. The average Bonchev–Trinajstić information content (AvgIpc) is 2.82. The summed E-state index contributed by atoms with van der Waals surface area (Å²) < 4.78 is 10.8. The molecule has 106 valence electrons. The zero-order valence-corrected chi connectivity index (χ0v) is 13.0. The van der Waals surface area contributed by atoms with Crippen LogP contribution in [0.5, 0.6) is 5.75 Å². The highest BCUT2D eigenvalue weighted by Gasteiger charge is 2.13. The molecular weight excluding hydrogens is 292 g/mol. The topological polar surface area (TPSA) is 57.4 Å². The molecule has 1 aromatic carbocycles. The van der Waals surface area contributed by atoms with Crippen molar-refractivity contribution in [2.45, 2.75) is 20.1 Å². The molecule has 2 rings (SSSR count). The van der Waals surface area contributed by atoms with Crippen molar-refractivity contribution in [2.24, 2.45) is 5.73 Å². The summed E-state index contributed by atoms with van der Waals surface area (Å²) in [5, 5.41) is 0.834. The molecule has 0 bridgehead atoms. The molecule has 1 heterocycles. The predicted molar refractivity (Wildman–Crippen MR) is 84.2 cm³/mol. The molecule has 0 fully saturated rings. The first-order valence-electron chi connectivity index (χ1n) is 6.07. The second-order valence-electron chi connectivity index (χ2n) is 4.28. The Morgan fingerprint density at radius 1 is 1.30 bits per heavy atom. The lowest BCUT2D eigenvalue weighted by Crippen LogP contribution is -2.10. The fourth-order valence-corrected chi connectivity index (χ4v) is 2.74. The number of nitrogens with zero attached hydrogens (tertiary/aromatic N) is 1. The van der Waals surface area contributed by atoms with E-state index in [-0.39, 0.29) is 0 Å². The number of aromatic nitrogens is 1. The van der Waals surface area contributed by atoms with E-state index in [0.29, 0.717) is 18.2 Å². The van der Waals surface area contributed by atoms with Gasteiger partial charge in [-0.3, -0.25) is 0 Å². The predicted octanol–water partition coefficient (Wildman–Crippen LogP) is 2.81. The number of nitrogens with two attached hydrogens (primary N) is 1. The summed E-state index contributed by atoms with van der Waals surface area (Å²) >= 11 is 6.47. The molecule has 0 unspecified atom stereocenters. The fraction of sp³-hybridized carbons (Fsp3) is 0.286. The highest BCUT2D eigenvalue weighted by molar-refractivity contribution is 7.81. The van der Waals surface area contributed by atoms with E-state index < -0.39 is 0 Å². The number of benzene rings is 1. The Bertz CT molecular complexity index is 594. The average molecular weight is 308 g/mol. The summed E-state index contributed by atoms with van der Waals surface area (Å²) in [5.74, 6) is 0.816. The van der Waals surface area contributed by atoms with Crippen LogP contribution in [0.3, 0.4) is 0 Å². The number of rotatable bonds is 6. The zero-order valence-electron chi connectivity index (χ0n) is 11.4. The van der Waals surface area contributed by atoms with Crippen molar-refractivity contribution in [1.29, 1.82) is 0 Å². The fourth-order valence-electron chi connectivity index (χ4n) is 1.67. The summed E-state index contributed by atoms with van der Waals surface area (Å²) in [7, 11) is 1.62. The molecule has 0 aliphatic carbocycles. The number of ether oxygens (including phenoxy) is 2. The maximum Gasteiger partial charge on any atom is 0.140 e. The molecule has 2 aromatic rings. The summed E-state index contributed by atoms with van der Waals surface area (Å²) in [6.07, 6.45) is 0. The molecular formula is C14H16N2O2S2. The largest absolute Gasteiger partial charge is 0.486 e. The van der Waals surface area contributed by atoms with Crippen molar-refractivity contribution in [3.05, 3.63) is 45.4 Å². The molecule has 0 aliphatic heterocycles. The van der Waals surface area contributed by atoms with Crippen LogP contribution in [-0.2, 0) is 18.0 Å². The molecule has 0 atom stereocenters. The van der Waals surface area contributed by atoms with Crippen molar-refractivity contribution in [3.8, 4) is 5.75 Å². The third-order valence-electron chi connectivity index (χ3n) is 2.63. The van der Waals surface area contributed by atoms with E-state index in [4.69, 9.17) is 27.4 Å². The number of thiazole rings is 1. The quantitative estimate of drug-likeness (QED) is 0.832. The van der Waals surface area contributed by atoms with Crippen LogP contribution in [0, 0.1) is 6.92 Å². The molecule has 0 aliphatic rings. The third-order valence-corrected chi connectivity index (χ3v) is 4.07. The first-order chi connectivity index (χ1) is 9.60. The number of hydrogen-bond donors (Lipinski definition) is 1. The van der Waals surface area contributed by atoms with E-state index in [0.717, 1.165) is 21.3 Å². The van der Waals surface area contributed by atoms with Gasteiger partial charge in [0.25, 0.3) is 0 Å². The van der Waals surface area contributed by atoms with Crippen molar-refractivity contribution >= 4 is 28.5 Å². The van der Waals surface area contributed by atoms with Crippen LogP contribution in [0.25, 0.3) is 0 Å². The molecule has 6 heteroatoms. The van der Waals surface area contributed by atoms with Gasteiger partial charge in [0, 0.05) is 7.11 Å². The standard InChI is InChI=1S/C14H16N2O2S2/c1-9-3-5-10(6-4-9)18-8-12-16-11(7-17-2)13(20-12)14(15)19/h3-6H,7-8H2,1-2H3,(H2,15,19). The zero-order chi connectivity index (χ0) is 14.5. The number of aryl methyl sites for hydroxylation is 1. The lowest BCUT2D eigenvalue weighted by atomic mass is 10.2. The molecule has 0 spiro atoms. The first-order valence-corrected chi connectivity index (χ1v) is 7.29. The maximum absolute atomic E-state index is 5.70. The van der Waals surface area contributed by atoms with E-state index in [1.54, 1.807) is 7.11 Å². The Morgan fingerprint density at radius 2 is 2.00 bits per heavy atom. The van der Waals surface area contributed by atoms with Gasteiger partial charge in [-0.05, 0) is 19.1 Å². The SMILES string of the molecule is COCc1nc(COc2ccc(C)cc2)sc1C(N)=S. The van der Waals surface area contributed by atoms with E-state index in [1.165, 1.54) is 16.9 Å². The minimum Gasteiger partial charge on any atom is -0.486 e. The molecule has 1 aromatic heterocycles. The van der Waals surface area contributed by atoms with E-state index in [2.05, 4.69) is 4.98 Å². The van der Waals surface area contributed by atoms with Gasteiger partial charge in [-0.15, -0.1) is 11.3 Å². The van der Waals surface area contributed by atoms with Crippen molar-refractivity contribution in [1.82, 2.24) is 4.98 Å². The number of thiocarbonyl (C=S) groups is 1. The molecule has 0 radical (unpaired) electrons. The van der Waals surface area contributed by atoms with Gasteiger partial charge in [0.05, 0.1) is 17.2 Å². The van der Waals surface area contributed by atoms with E-state index >= 15 is 0 Å². The molecule has 0 amide bonds. The minimum absolute atomic E-state index is 0.344. The van der Waals surface area contributed by atoms with Gasteiger partial charge in [-0.25, -0.2) is 4.98 Å². The highest BCUT2D eigenvalue weighted by atomic mass is 32.1. The number of hydrogen-bond acceptors (Lipinski definition) is 5. The molecule has 4 nitrogen and oxygen atoms in total. The van der Waals surface area contributed by atoms with Gasteiger partial charge in [0.15, 0.2) is 0 Å². The van der Waals surface area contributed by atoms with Crippen LogP contribution >= 0.6 is 23.6 Å². The number of methoxy groups -OCH3 is 1. The van der Waals surface area contributed by atoms with Gasteiger partial charge in [0.2, 0.25) is 0 Å². The van der Waals surface area contributed by atoms with Gasteiger partial charge >= 0.3 is 0 Å². The second kappa shape index (κ2) is 6.78. The van der Waals surface area contributed by atoms with Crippen LogP contribution in [0.2, 0.25) is 0 Å². The van der Waals surface area contributed by atoms with Crippen molar-refractivity contribution < 1.29 is 9.47 Å². The van der Waals surface area contributed by atoms with Crippen molar-refractivity contribution in [3.63, 3.8) is 0 Å². The molecule has 20 heavy (non-hydrogen) atoms. The molecule has 0 saturated carbocycles. The summed E-state index contributed by atoms with van der Waals surface area (Å²) in [4.78, 5) is 5.59. The summed E-state index contributed by atoms with van der Waals surface area (Å²) in [5.41, 5.74) is 7.66. The highest BCUT2D eigenvalue weighted by Crippen LogP contribution is 2.21. The van der Waals surface area contributed by atoms with Gasteiger partial charge in [-0.1, -0.05) is 29.9 Å². The summed E-state index contributed by atoms with van der Waals surface area (Å²) in [6, 6.07) is 7.89. The maximum atomic E-state index is 5.70. The Hall–Kier alpha value is -1.50. The van der Waals surface area contributed by atoms with Crippen LogP contribution in [0.4, 0.5) is 0 Å². The summed E-state index contributed by atoms with van der Waals surface area (Å²) in [6.45, 7) is 2.83. The van der Waals surface area contributed by atoms with Gasteiger partial charge in [-0.2, -0.15) is 0 Å². The monoisotopic (exact) mass is 308 g/mol. The van der Waals surface area contributed by atoms with Crippen LogP contribution in [0.15, 0.2) is 24.3 Å². The first kappa shape index (κ1) is 14.9. The lowest BCUT2D eigenvalue weighted by Gasteiger charge is -2.03. The van der Waals surface area contributed by atoms with E-state index in [1.807, 2.05) is 31.2 Å². The van der Waals surface area contributed by atoms with Gasteiger partial charge in [0.1, 0.15) is 22.4 Å². The minimum atomic E-state index is 0.344. The normalized spacial score (nSPS) is 10.5. The molecule has 0 saturated heterocycles.